The summed E-state index contributed by atoms with van der Waals surface area (Å²) in [5.41, 5.74) is 1.37. The van der Waals surface area contributed by atoms with E-state index in [4.69, 9.17) is 4.74 Å². The maximum absolute atomic E-state index is 12.2. The lowest BCUT2D eigenvalue weighted by atomic mass is 10.3. The molecule has 2 aliphatic rings. The average molecular weight is 363 g/mol. The highest BCUT2D eigenvalue weighted by Gasteiger charge is 2.53. The van der Waals surface area contributed by atoms with Crippen molar-refractivity contribution >= 4 is 22.8 Å². The van der Waals surface area contributed by atoms with Gasteiger partial charge in [-0.15, -0.1) is 5.10 Å². The molecule has 0 bridgehead atoms. The number of aromatic nitrogens is 6. The molecule has 26 heavy (non-hydrogen) atoms. The molecule has 1 saturated heterocycles. The SMILES string of the molecule is FC(F)Oc1cc(Nc2cnc3cnn(CC4[C@H]5COC[C@@H]45)c3n2)[nH]n1. The molecule has 2 N–H and O–H groups in total. The van der Waals surface area contributed by atoms with E-state index in [9.17, 15) is 8.78 Å². The zero-order chi connectivity index (χ0) is 17.7. The second-order valence-corrected chi connectivity index (χ2v) is 6.44. The van der Waals surface area contributed by atoms with Gasteiger partial charge in [-0.1, -0.05) is 0 Å². The summed E-state index contributed by atoms with van der Waals surface area (Å²) in [5, 5.41) is 13.5. The first-order valence-corrected chi connectivity index (χ1v) is 8.21. The third kappa shape index (κ3) is 2.73. The monoisotopic (exact) mass is 363 g/mol. The predicted molar refractivity (Wildman–Crippen MR) is 85.1 cm³/mol. The molecule has 3 aromatic rings. The van der Waals surface area contributed by atoms with Crippen molar-refractivity contribution in [3.05, 3.63) is 18.5 Å². The van der Waals surface area contributed by atoms with Crippen molar-refractivity contribution in [2.24, 2.45) is 17.8 Å². The maximum Gasteiger partial charge on any atom is 0.388 e. The topological polar surface area (TPSA) is 103 Å². The lowest BCUT2D eigenvalue weighted by Gasteiger charge is -2.06. The van der Waals surface area contributed by atoms with Crippen LogP contribution in [0.25, 0.3) is 11.2 Å². The molecule has 9 nitrogen and oxygen atoms in total. The second-order valence-electron chi connectivity index (χ2n) is 6.44. The average Bonchev–Trinajstić information content (AvgIpc) is 3.05. The number of hydrogen-bond donors (Lipinski definition) is 2. The minimum absolute atomic E-state index is 0.205. The van der Waals surface area contributed by atoms with Gasteiger partial charge in [-0.2, -0.15) is 13.9 Å². The second kappa shape index (κ2) is 5.87. The van der Waals surface area contributed by atoms with Gasteiger partial charge in [0.05, 0.1) is 25.6 Å². The van der Waals surface area contributed by atoms with Crippen molar-refractivity contribution in [3.8, 4) is 5.88 Å². The first kappa shape index (κ1) is 15.4. The lowest BCUT2D eigenvalue weighted by Crippen LogP contribution is -2.09. The molecule has 0 spiro atoms. The molecular formula is C15H15F2N7O2. The van der Waals surface area contributed by atoms with Gasteiger partial charge < -0.3 is 14.8 Å². The Balaban J connectivity index is 1.34. The molecule has 4 heterocycles. The number of fused-ring (bicyclic) bond motifs is 2. The largest absolute Gasteiger partial charge is 0.415 e. The van der Waals surface area contributed by atoms with Crippen molar-refractivity contribution in [1.82, 2.24) is 29.9 Å². The summed E-state index contributed by atoms with van der Waals surface area (Å²) in [7, 11) is 0. The van der Waals surface area contributed by atoms with E-state index in [0.29, 0.717) is 40.6 Å². The minimum Gasteiger partial charge on any atom is -0.415 e. The van der Waals surface area contributed by atoms with Crippen LogP contribution in [0.1, 0.15) is 0 Å². The molecule has 136 valence electrons. The highest BCUT2D eigenvalue weighted by molar-refractivity contribution is 5.71. The van der Waals surface area contributed by atoms with Crippen LogP contribution >= 0.6 is 0 Å². The summed E-state index contributed by atoms with van der Waals surface area (Å²) in [5.74, 6) is 2.44. The van der Waals surface area contributed by atoms with E-state index in [0.717, 1.165) is 19.8 Å². The maximum atomic E-state index is 12.2. The first-order chi connectivity index (χ1) is 12.7. The third-order valence-corrected chi connectivity index (χ3v) is 4.89. The summed E-state index contributed by atoms with van der Waals surface area (Å²) in [6.07, 6.45) is 3.23. The molecule has 2 fully saturated rings. The minimum atomic E-state index is -2.93. The van der Waals surface area contributed by atoms with Gasteiger partial charge >= 0.3 is 6.61 Å². The van der Waals surface area contributed by atoms with E-state index < -0.39 is 6.61 Å². The molecule has 3 atom stereocenters. The third-order valence-electron chi connectivity index (χ3n) is 4.89. The van der Waals surface area contributed by atoms with Crippen LogP contribution in [0.4, 0.5) is 20.4 Å². The predicted octanol–water partition coefficient (Wildman–Crippen LogP) is 1.79. The van der Waals surface area contributed by atoms with Crippen molar-refractivity contribution in [2.45, 2.75) is 13.2 Å². The van der Waals surface area contributed by atoms with Gasteiger partial charge in [-0.05, 0) is 17.8 Å². The van der Waals surface area contributed by atoms with Crippen LogP contribution in [0.2, 0.25) is 0 Å². The number of alkyl halides is 2. The van der Waals surface area contributed by atoms with Crippen molar-refractivity contribution in [2.75, 3.05) is 18.5 Å². The quantitative estimate of drug-likeness (QED) is 0.688. The van der Waals surface area contributed by atoms with Gasteiger partial charge in [0.15, 0.2) is 11.5 Å². The van der Waals surface area contributed by atoms with Crippen LogP contribution < -0.4 is 10.1 Å². The first-order valence-electron chi connectivity index (χ1n) is 8.21. The van der Waals surface area contributed by atoms with Crippen LogP contribution in [0.3, 0.4) is 0 Å². The highest BCUT2D eigenvalue weighted by atomic mass is 19.3. The summed E-state index contributed by atoms with van der Waals surface area (Å²) in [6.45, 7) is -0.480. The number of anilines is 2. The number of hydrogen-bond acceptors (Lipinski definition) is 7. The summed E-state index contributed by atoms with van der Waals surface area (Å²) < 4.78 is 35.9. The Hall–Kier alpha value is -2.82. The molecule has 1 aliphatic carbocycles. The van der Waals surface area contributed by atoms with Crippen LogP contribution in [0, 0.1) is 17.8 Å². The molecule has 0 aromatic carbocycles. The fraction of sp³-hybridized carbons (Fsp3) is 0.467. The van der Waals surface area contributed by atoms with E-state index in [2.05, 4.69) is 35.3 Å². The van der Waals surface area contributed by atoms with E-state index in [1.165, 1.54) is 6.07 Å². The van der Waals surface area contributed by atoms with E-state index in [1.54, 1.807) is 12.4 Å². The number of ether oxygens (including phenoxy) is 2. The zero-order valence-electron chi connectivity index (χ0n) is 13.5. The fourth-order valence-corrected chi connectivity index (χ4v) is 3.53. The van der Waals surface area contributed by atoms with Crippen LogP contribution in [0.5, 0.6) is 5.88 Å². The molecule has 1 aliphatic heterocycles. The highest BCUT2D eigenvalue weighted by Crippen LogP contribution is 2.51. The molecule has 3 aromatic heterocycles. The van der Waals surface area contributed by atoms with Crippen LogP contribution in [0.15, 0.2) is 18.5 Å². The Labute approximate surface area is 145 Å². The van der Waals surface area contributed by atoms with E-state index in [-0.39, 0.29) is 5.88 Å². The standard InChI is InChI=1S/C15H15F2N7O2/c16-15(17)26-13-1-11(22-23-13)20-12-3-18-10-2-19-24(14(10)21-12)4-7-8-5-25-6-9(7)8/h1-3,7-9,15H,4-6H2,(H2,20,21,22,23)/t7?,8-,9+. The molecule has 5 rings (SSSR count). The van der Waals surface area contributed by atoms with E-state index >= 15 is 0 Å². The normalized spacial score (nSPS) is 24.2. The Kier molecular flexibility index (Phi) is 3.48. The Bertz CT molecular complexity index is 933. The smallest absolute Gasteiger partial charge is 0.388 e. The fourth-order valence-electron chi connectivity index (χ4n) is 3.53. The molecule has 0 amide bonds. The molecule has 0 radical (unpaired) electrons. The Morgan fingerprint density at radius 1 is 1.35 bits per heavy atom. The Morgan fingerprint density at radius 3 is 3.00 bits per heavy atom. The van der Waals surface area contributed by atoms with E-state index in [1.807, 2.05) is 4.68 Å². The number of halogens is 2. The number of rotatable bonds is 6. The molecular weight excluding hydrogens is 348 g/mol. The number of aromatic amines is 1. The summed E-state index contributed by atoms with van der Waals surface area (Å²) >= 11 is 0. The molecule has 1 unspecified atom stereocenters. The lowest BCUT2D eigenvalue weighted by molar-refractivity contribution is -0.0528. The van der Waals surface area contributed by atoms with Crippen molar-refractivity contribution in [3.63, 3.8) is 0 Å². The number of H-pyrrole nitrogens is 1. The number of nitrogens with zero attached hydrogens (tertiary/aromatic N) is 5. The van der Waals surface area contributed by atoms with Gasteiger partial charge in [0.25, 0.3) is 0 Å². The van der Waals surface area contributed by atoms with Crippen molar-refractivity contribution in [1.29, 1.82) is 0 Å². The Morgan fingerprint density at radius 2 is 2.19 bits per heavy atom. The van der Waals surface area contributed by atoms with Crippen molar-refractivity contribution < 1.29 is 18.3 Å². The van der Waals surface area contributed by atoms with Gasteiger partial charge in [0.2, 0.25) is 5.88 Å². The van der Waals surface area contributed by atoms with Gasteiger partial charge in [0.1, 0.15) is 11.3 Å². The van der Waals surface area contributed by atoms with Crippen LogP contribution in [-0.4, -0.2) is 49.8 Å². The summed E-state index contributed by atoms with van der Waals surface area (Å²) in [4.78, 5) is 8.87. The molecule has 1 saturated carbocycles. The summed E-state index contributed by atoms with van der Waals surface area (Å²) in [6, 6.07) is 1.32. The molecule has 11 heteroatoms. The van der Waals surface area contributed by atoms with Gasteiger partial charge in [-0.25, -0.2) is 14.6 Å². The van der Waals surface area contributed by atoms with Crippen LogP contribution in [-0.2, 0) is 11.3 Å². The number of nitrogens with one attached hydrogen (secondary N) is 2. The van der Waals surface area contributed by atoms with Gasteiger partial charge in [0, 0.05) is 12.6 Å². The van der Waals surface area contributed by atoms with Gasteiger partial charge in [-0.3, -0.25) is 5.10 Å². The zero-order valence-corrected chi connectivity index (χ0v) is 13.5.